The zero-order chi connectivity index (χ0) is 10.7. The number of hydrogen-bond donors (Lipinski definition) is 1. The molecule has 0 aliphatic carbocycles. The predicted molar refractivity (Wildman–Crippen MR) is 60.6 cm³/mol. The first-order chi connectivity index (χ1) is 7.18. The van der Waals surface area contributed by atoms with Crippen LogP contribution < -0.4 is 0 Å². The van der Waals surface area contributed by atoms with E-state index in [9.17, 15) is 5.11 Å². The molecule has 3 nitrogen and oxygen atoms in total. The Labute approximate surface area is 97.6 Å². The molecule has 4 heteroatoms. The molecule has 15 heavy (non-hydrogen) atoms. The zero-order valence-electron chi connectivity index (χ0n) is 8.45. The fraction of sp³-hybridized carbons (Fsp3) is 0.545. The zero-order valence-corrected chi connectivity index (χ0v) is 10.0. The van der Waals surface area contributed by atoms with Crippen molar-refractivity contribution >= 4 is 15.9 Å². The molecule has 0 radical (unpaired) electrons. The van der Waals surface area contributed by atoms with Gasteiger partial charge in [0.1, 0.15) is 0 Å². The van der Waals surface area contributed by atoms with E-state index in [1.807, 2.05) is 12.1 Å². The topological polar surface area (TPSA) is 42.4 Å². The number of pyridine rings is 1. The van der Waals surface area contributed by atoms with Gasteiger partial charge < -0.3 is 9.84 Å². The normalized spacial score (nSPS) is 26.5. The first-order valence-electron chi connectivity index (χ1n) is 5.09. The van der Waals surface area contributed by atoms with E-state index in [0.29, 0.717) is 13.0 Å². The quantitative estimate of drug-likeness (QED) is 0.894. The summed E-state index contributed by atoms with van der Waals surface area (Å²) in [4.78, 5) is 4.26. The van der Waals surface area contributed by atoms with E-state index in [2.05, 4.69) is 20.9 Å². The van der Waals surface area contributed by atoms with Crippen molar-refractivity contribution in [3.05, 3.63) is 28.5 Å². The van der Waals surface area contributed by atoms with Gasteiger partial charge in [0, 0.05) is 29.4 Å². The van der Waals surface area contributed by atoms with Crippen LogP contribution in [0.3, 0.4) is 0 Å². The van der Waals surface area contributed by atoms with Gasteiger partial charge in [-0.2, -0.15) is 0 Å². The summed E-state index contributed by atoms with van der Waals surface area (Å²) in [5.74, 6) is 0. The average Bonchev–Trinajstić information content (AvgIpc) is 2.22. The molecule has 82 valence electrons. The third-order valence-electron chi connectivity index (χ3n) is 2.60. The van der Waals surface area contributed by atoms with Crippen LogP contribution in [0.15, 0.2) is 22.8 Å². The lowest BCUT2D eigenvalue weighted by Gasteiger charge is -2.31. The number of aromatic nitrogens is 1. The molecule has 1 aromatic heterocycles. The lowest BCUT2D eigenvalue weighted by atomic mass is 9.91. The fourth-order valence-electron chi connectivity index (χ4n) is 1.83. The smallest absolute Gasteiger partial charge is 0.0936 e. The van der Waals surface area contributed by atoms with E-state index < -0.39 is 5.60 Å². The average molecular weight is 272 g/mol. The van der Waals surface area contributed by atoms with E-state index in [0.717, 1.165) is 29.6 Å². The molecule has 1 aromatic rings. The van der Waals surface area contributed by atoms with E-state index in [4.69, 9.17) is 4.74 Å². The molecule has 2 rings (SSSR count). The molecule has 1 unspecified atom stereocenters. The van der Waals surface area contributed by atoms with E-state index in [1.54, 1.807) is 6.20 Å². The van der Waals surface area contributed by atoms with Crippen LogP contribution in [0.2, 0.25) is 0 Å². The number of aliphatic hydroxyl groups is 1. The van der Waals surface area contributed by atoms with Gasteiger partial charge in [-0.3, -0.25) is 4.98 Å². The first kappa shape index (κ1) is 11.0. The molecular weight excluding hydrogens is 258 g/mol. The molecule has 0 spiro atoms. The maximum Gasteiger partial charge on any atom is 0.0936 e. The van der Waals surface area contributed by atoms with Gasteiger partial charge in [-0.05, 0) is 40.9 Å². The van der Waals surface area contributed by atoms with Crippen LogP contribution in [0, 0.1) is 0 Å². The molecule has 0 aromatic carbocycles. The molecule has 1 saturated heterocycles. The summed E-state index contributed by atoms with van der Waals surface area (Å²) >= 11 is 3.33. The predicted octanol–water partition coefficient (Wildman–Crippen LogP) is 1.93. The third-order valence-corrected chi connectivity index (χ3v) is 3.07. The molecule has 0 saturated carbocycles. The van der Waals surface area contributed by atoms with Gasteiger partial charge in [0.05, 0.1) is 12.2 Å². The highest BCUT2D eigenvalue weighted by atomic mass is 79.9. The molecule has 1 fully saturated rings. The summed E-state index contributed by atoms with van der Waals surface area (Å²) in [6.45, 7) is 1.18. The summed E-state index contributed by atoms with van der Waals surface area (Å²) in [6, 6.07) is 3.87. The van der Waals surface area contributed by atoms with E-state index in [-0.39, 0.29) is 0 Å². The Morgan fingerprint density at radius 1 is 1.53 bits per heavy atom. The Hall–Kier alpha value is -0.450. The van der Waals surface area contributed by atoms with Crippen molar-refractivity contribution < 1.29 is 9.84 Å². The van der Waals surface area contributed by atoms with E-state index in [1.165, 1.54) is 0 Å². The van der Waals surface area contributed by atoms with Crippen LogP contribution in [0.5, 0.6) is 0 Å². The van der Waals surface area contributed by atoms with Crippen LogP contribution in [0.1, 0.15) is 18.5 Å². The molecule has 1 N–H and O–H groups in total. The van der Waals surface area contributed by atoms with Crippen LogP contribution >= 0.6 is 15.9 Å². The largest absolute Gasteiger partial charge is 0.387 e. The number of hydrogen-bond acceptors (Lipinski definition) is 3. The summed E-state index contributed by atoms with van der Waals surface area (Å²) in [6.07, 6.45) is 4.04. The maximum atomic E-state index is 10.2. The van der Waals surface area contributed by atoms with Crippen molar-refractivity contribution in [3.8, 4) is 0 Å². The van der Waals surface area contributed by atoms with Gasteiger partial charge in [-0.25, -0.2) is 0 Å². The molecule has 0 bridgehead atoms. The van der Waals surface area contributed by atoms with Crippen LogP contribution in [-0.4, -0.2) is 28.9 Å². The van der Waals surface area contributed by atoms with Crippen LogP contribution in [-0.2, 0) is 11.2 Å². The summed E-state index contributed by atoms with van der Waals surface area (Å²) in [5.41, 5.74) is 0.185. The summed E-state index contributed by atoms with van der Waals surface area (Å²) in [7, 11) is 0. The van der Waals surface area contributed by atoms with Crippen molar-refractivity contribution in [2.75, 3.05) is 13.2 Å². The molecular formula is C11H14BrNO2. The monoisotopic (exact) mass is 271 g/mol. The highest BCUT2D eigenvalue weighted by Gasteiger charge is 2.30. The Morgan fingerprint density at radius 3 is 3.00 bits per heavy atom. The summed E-state index contributed by atoms with van der Waals surface area (Å²) < 4.78 is 6.25. The van der Waals surface area contributed by atoms with Crippen molar-refractivity contribution in [1.82, 2.24) is 4.98 Å². The Morgan fingerprint density at radius 2 is 2.40 bits per heavy atom. The van der Waals surface area contributed by atoms with Gasteiger partial charge in [-0.1, -0.05) is 0 Å². The van der Waals surface area contributed by atoms with Gasteiger partial charge in [-0.15, -0.1) is 0 Å². The number of rotatable bonds is 2. The van der Waals surface area contributed by atoms with Crippen molar-refractivity contribution in [2.24, 2.45) is 0 Å². The SMILES string of the molecule is OC1(Cc2ccc(Br)cn2)CCCOC1. The minimum atomic E-state index is -0.723. The lowest BCUT2D eigenvalue weighted by molar-refractivity contribution is -0.0849. The minimum Gasteiger partial charge on any atom is -0.387 e. The number of ether oxygens (including phenoxy) is 1. The number of halogens is 1. The molecule has 2 heterocycles. The second-order valence-corrected chi connectivity index (χ2v) is 4.94. The van der Waals surface area contributed by atoms with Gasteiger partial charge in [0.15, 0.2) is 0 Å². The molecule has 1 atom stereocenters. The van der Waals surface area contributed by atoms with Crippen LogP contribution in [0.25, 0.3) is 0 Å². The fourth-order valence-corrected chi connectivity index (χ4v) is 2.06. The Balaban J connectivity index is 2.03. The highest BCUT2D eigenvalue weighted by molar-refractivity contribution is 9.10. The second kappa shape index (κ2) is 4.60. The Bertz CT molecular complexity index is 320. The maximum absolute atomic E-state index is 10.2. The van der Waals surface area contributed by atoms with Crippen molar-refractivity contribution in [3.63, 3.8) is 0 Å². The highest BCUT2D eigenvalue weighted by Crippen LogP contribution is 2.23. The van der Waals surface area contributed by atoms with Gasteiger partial charge >= 0.3 is 0 Å². The number of nitrogens with zero attached hydrogens (tertiary/aromatic N) is 1. The van der Waals surface area contributed by atoms with Crippen molar-refractivity contribution in [1.29, 1.82) is 0 Å². The molecule has 1 aliphatic rings. The molecule has 0 amide bonds. The minimum absolute atomic E-state index is 0.421. The van der Waals surface area contributed by atoms with Crippen LogP contribution in [0.4, 0.5) is 0 Å². The molecule has 1 aliphatic heterocycles. The summed E-state index contributed by atoms with van der Waals surface area (Å²) in [5, 5.41) is 10.2. The lowest BCUT2D eigenvalue weighted by Crippen LogP contribution is -2.40. The second-order valence-electron chi connectivity index (χ2n) is 4.03. The first-order valence-corrected chi connectivity index (χ1v) is 5.88. The van der Waals surface area contributed by atoms with Gasteiger partial charge in [0.2, 0.25) is 0 Å². The Kier molecular flexibility index (Phi) is 3.38. The van der Waals surface area contributed by atoms with Crippen molar-refractivity contribution in [2.45, 2.75) is 24.9 Å². The third kappa shape index (κ3) is 3.00. The van der Waals surface area contributed by atoms with E-state index >= 15 is 0 Å². The standard InChI is InChI=1S/C11H14BrNO2/c12-9-2-3-10(13-7-9)6-11(14)4-1-5-15-8-11/h2-3,7,14H,1,4-6,8H2. The van der Waals surface area contributed by atoms with Gasteiger partial charge in [0.25, 0.3) is 0 Å².